The molecule has 8 heteroatoms. The Kier molecular flexibility index (Phi) is 6.60. The number of nitrogens with zero attached hydrogens (tertiary/aromatic N) is 1. The summed E-state index contributed by atoms with van der Waals surface area (Å²) in [5.41, 5.74) is 0.492. The van der Waals surface area contributed by atoms with Gasteiger partial charge in [0.1, 0.15) is 6.04 Å². The lowest BCUT2D eigenvalue weighted by atomic mass is 10.1. The smallest absolute Gasteiger partial charge is 0.247 e. The summed E-state index contributed by atoms with van der Waals surface area (Å²) >= 11 is 11.9. The van der Waals surface area contributed by atoms with E-state index in [1.54, 1.807) is 18.2 Å². The molecule has 6 nitrogen and oxygen atoms in total. The molecule has 2 N–H and O–H groups in total. The van der Waals surface area contributed by atoms with E-state index in [0.29, 0.717) is 28.7 Å². The molecule has 3 rings (SSSR count). The first-order valence-corrected chi connectivity index (χ1v) is 10.0. The zero-order valence-electron chi connectivity index (χ0n) is 15.0. The minimum atomic E-state index is -0.557. The molecule has 0 bridgehead atoms. The molecule has 1 saturated heterocycles. The maximum absolute atomic E-state index is 12.6. The fourth-order valence-corrected chi connectivity index (χ4v) is 4.31. The van der Waals surface area contributed by atoms with Crippen LogP contribution in [0.15, 0.2) is 18.2 Å². The largest absolute Gasteiger partial charge is 0.347 e. The van der Waals surface area contributed by atoms with Crippen LogP contribution in [0.3, 0.4) is 0 Å². The van der Waals surface area contributed by atoms with Crippen molar-refractivity contribution in [2.45, 2.75) is 44.6 Å². The van der Waals surface area contributed by atoms with Gasteiger partial charge in [-0.05, 0) is 43.9 Å². The third-order valence-corrected chi connectivity index (χ3v) is 5.58. The summed E-state index contributed by atoms with van der Waals surface area (Å²) in [6.45, 7) is 0.439. The Hall–Kier alpha value is -1.79. The van der Waals surface area contributed by atoms with Crippen molar-refractivity contribution in [2.24, 2.45) is 5.92 Å². The maximum Gasteiger partial charge on any atom is 0.247 e. The zero-order valence-corrected chi connectivity index (χ0v) is 16.5. The fraction of sp³-hybridized carbons (Fsp3) is 0.526. The molecule has 0 radical (unpaired) electrons. The molecule has 0 aromatic heterocycles. The van der Waals surface area contributed by atoms with Crippen molar-refractivity contribution < 1.29 is 14.4 Å². The fourth-order valence-electron chi connectivity index (χ4n) is 3.79. The van der Waals surface area contributed by atoms with E-state index in [1.807, 2.05) is 0 Å². The molecular weight excluding hydrogens is 389 g/mol. The van der Waals surface area contributed by atoms with E-state index in [4.69, 9.17) is 23.2 Å². The number of hydrogen-bond donors (Lipinski definition) is 2. The number of amides is 3. The molecule has 2 aliphatic rings. The molecule has 1 unspecified atom stereocenters. The van der Waals surface area contributed by atoms with Gasteiger partial charge in [-0.25, -0.2) is 0 Å². The van der Waals surface area contributed by atoms with Crippen LogP contribution < -0.4 is 10.6 Å². The Bertz CT molecular complexity index is 715. The highest BCUT2D eigenvalue weighted by Gasteiger charge is 2.34. The SMILES string of the molecule is O=C(NCC(=O)N1CCCC1C(=O)Nc1cc(Cl)cc(Cl)c1)C1CCCC1. The molecule has 2 fully saturated rings. The number of benzene rings is 1. The van der Waals surface area contributed by atoms with Crippen molar-refractivity contribution in [2.75, 3.05) is 18.4 Å². The summed E-state index contributed by atoms with van der Waals surface area (Å²) in [5, 5.41) is 6.35. The third-order valence-electron chi connectivity index (χ3n) is 5.15. The van der Waals surface area contributed by atoms with Gasteiger partial charge >= 0.3 is 0 Å². The van der Waals surface area contributed by atoms with Crippen molar-refractivity contribution in [1.29, 1.82) is 0 Å². The first-order valence-electron chi connectivity index (χ1n) is 9.28. The standard InChI is InChI=1S/C19H23Cl2N3O3/c20-13-8-14(21)10-15(9-13)23-19(27)16-6-3-7-24(16)17(25)11-22-18(26)12-4-1-2-5-12/h8-10,12,16H,1-7,11H2,(H,22,26)(H,23,27). The molecule has 1 heterocycles. The maximum atomic E-state index is 12.6. The average Bonchev–Trinajstić information content (AvgIpc) is 3.29. The Morgan fingerprint density at radius 3 is 2.30 bits per heavy atom. The second-order valence-corrected chi connectivity index (χ2v) is 7.96. The molecule has 1 saturated carbocycles. The van der Waals surface area contributed by atoms with Crippen molar-refractivity contribution in [3.63, 3.8) is 0 Å². The molecular formula is C19H23Cl2N3O3. The van der Waals surface area contributed by atoms with E-state index in [9.17, 15) is 14.4 Å². The van der Waals surface area contributed by atoms with Crippen molar-refractivity contribution >= 4 is 46.6 Å². The van der Waals surface area contributed by atoms with Crippen molar-refractivity contribution in [3.8, 4) is 0 Å². The Morgan fingerprint density at radius 2 is 1.63 bits per heavy atom. The highest BCUT2D eigenvalue weighted by atomic mass is 35.5. The van der Waals surface area contributed by atoms with Gasteiger partial charge in [0, 0.05) is 28.2 Å². The van der Waals surface area contributed by atoms with Crippen molar-refractivity contribution in [3.05, 3.63) is 28.2 Å². The number of rotatable bonds is 5. The summed E-state index contributed by atoms with van der Waals surface area (Å²) in [5.74, 6) is -0.554. The van der Waals surface area contributed by atoms with E-state index in [0.717, 1.165) is 32.1 Å². The van der Waals surface area contributed by atoms with Gasteiger partial charge in [0.05, 0.1) is 6.54 Å². The van der Waals surface area contributed by atoms with E-state index in [-0.39, 0.29) is 30.2 Å². The van der Waals surface area contributed by atoms with Gasteiger partial charge in [0.25, 0.3) is 0 Å². The van der Waals surface area contributed by atoms with Gasteiger partial charge in [-0.1, -0.05) is 36.0 Å². The van der Waals surface area contributed by atoms with Crippen LogP contribution in [0.5, 0.6) is 0 Å². The molecule has 1 aromatic carbocycles. The Morgan fingerprint density at radius 1 is 0.963 bits per heavy atom. The lowest BCUT2D eigenvalue weighted by Gasteiger charge is -2.24. The highest BCUT2D eigenvalue weighted by molar-refractivity contribution is 6.35. The molecule has 1 aromatic rings. The third kappa shape index (κ3) is 5.14. The average molecular weight is 412 g/mol. The first kappa shape index (κ1) is 20.0. The second-order valence-electron chi connectivity index (χ2n) is 7.09. The molecule has 1 atom stereocenters. The van der Waals surface area contributed by atoms with E-state index in [2.05, 4.69) is 10.6 Å². The molecule has 27 heavy (non-hydrogen) atoms. The normalized spacial score (nSPS) is 19.9. The van der Waals surface area contributed by atoms with Gasteiger partial charge < -0.3 is 15.5 Å². The minimum absolute atomic E-state index is 0.0167. The summed E-state index contributed by atoms with van der Waals surface area (Å²) < 4.78 is 0. The van der Waals surface area contributed by atoms with Gasteiger partial charge in [-0.2, -0.15) is 0 Å². The molecule has 0 spiro atoms. The number of nitrogens with one attached hydrogen (secondary N) is 2. The number of carbonyl (C=O) groups excluding carboxylic acids is 3. The highest BCUT2D eigenvalue weighted by Crippen LogP contribution is 2.26. The van der Waals surface area contributed by atoms with Gasteiger partial charge in [0.15, 0.2) is 0 Å². The van der Waals surface area contributed by atoms with Crippen molar-refractivity contribution in [1.82, 2.24) is 10.2 Å². The summed E-state index contributed by atoms with van der Waals surface area (Å²) in [6.07, 6.45) is 5.23. The quantitative estimate of drug-likeness (QED) is 0.780. The van der Waals surface area contributed by atoms with Gasteiger partial charge in [0.2, 0.25) is 17.7 Å². The van der Waals surface area contributed by atoms with Crippen LogP contribution in [0.1, 0.15) is 38.5 Å². The summed E-state index contributed by atoms with van der Waals surface area (Å²) in [4.78, 5) is 38.8. The van der Waals surface area contributed by atoms with Crippen LogP contribution in [0.4, 0.5) is 5.69 Å². The van der Waals surface area contributed by atoms with Gasteiger partial charge in [-0.15, -0.1) is 0 Å². The number of anilines is 1. The summed E-state index contributed by atoms with van der Waals surface area (Å²) in [7, 11) is 0. The van der Waals surface area contributed by atoms with Crippen LogP contribution >= 0.6 is 23.2 Å². The van der Waals surface area contributed by atoms with Crippen LogP contribution in [-0.2, 0) is 14.4 Å². The van der Waals surface area contributed by atoms with Crippen LogP contribution in [0, 0.1) is 5.92 Å². The first-order chi connectivity index (χ1) is 12.9. The van der Waals surface area contributed by atoms with Crippen LogP contribution in [0.2, 0.25) is 10.0 Å². The number of hydrogen-bond acceptors (Lipinski definition) is 3. The number of halogens is 2. The predicted molar refractivity (Wildman–Crippen MR) is 105 cm³/mol. The van der Waals surface area contributed by atoms with Crippen LogP contribution in [-0.4, -0.2) is 41.8 Å². The Labute approximate surface area is 168 Å². The van der Waals surface area contributed by atoms with E-state index in [1.165, 1.54) is 4.90 Å². The van der Waals surface area contributed by atoms with Crippen LogP contribution in [0.25, 0.3) is 0 Å². The zero-order chi connectivity index (χ0) is 19.4. The lowest BCUT2D eigenvalue weighted by molar-refractivity contribution is -0.137. The minimum Gasteiger partial charge on any atom is -0.347 e. The molecule has 1 aliphatic heterocycles. The van der Waals surface area contributed by atoms with Gasteiger partial charge in [-0.3, -0.25) is 14.4 Å². The molecule has 3 amide bonds. The van der Waals surface area contributed by atoms with E-state index < -0.39 is 6.04 Å². The number of likely N-dealkylation sites (tertiary alicyclic amines) is 1. The monoisotopic (exact) mass is 411 g/mol. The molecule has 146 valence electrons. The topological polar surface area (TPSA) is 78.5 Å². The second kappa shape index (κ2) is 8.93. The van der Waals surface area contributed by atoms with E-state index >= 15 is 0 Å². The summed E-state index contributed by atoms with van der Waals surface area (Å²) in [6, 6.07) is 4.23. The lowest BCUT2D eigenvalue weighted by Crippen LogP contribution is -2.47. The molecule has 1 aliphatic carbocycles. The predicted octanol–water partition coefficient (Wildman–Crippen LogP) is 3.23. The Balaban J connectivity index is 1.56. The number of carbonyl (C=O) groups is 3.